The van der Waals surface area contributed by atoms with E-state index < -0.39 is 11.9 Å². The summed E-state index contributed by atoms with van der Waals surface area (Å²) in [6.07, 6.45) is 4.45. The van der Waals surface area contributed by atoms with E-state index >= 15 is 0 Å². The second-order valence-corrected chi connectivity index (χ2v) is 12.7. The molecule has 0 radical (unpaired) electrons. The quantitative estimate of drug-likeness (QED) is 0.142. The maximum atomic E-state index is 9.10. The first-order chi connectivity index (χ1) is 24.2. The number of carbonyl (C=O) groups is 2. The number of benzene rings is 6. The Balaban J connectivity index is 0.000000194. The molecular weight excluding hydrogens is 620 g/mol. The molecule has 50 heavy (non-hydrogen) atoms. The highest BCUT2D eigenvalue weighted by Gasteiger charge is 2.15. The Morgan fingerprint density at radius 1 is 0.460 bits per heavy atom. The summed E-state index contributed by atoms with van der Waals surface area (Å²) in [7, 11) is 8.67. The van der Waals surface area contributed by atoms with Crippen molar-refractivity contribution in [2.24, 2.45) is 0 Å². The Hall–Kier alpha value is -5.30. The van der Waals surface area contributed by atoms with Gasteiger partial charge < -0.3 is 20.0 Å². The number of aliphatic carboxylic acids is 2. The van der Waals surface area contributed by atoms with E-state index in [0.29, 0.717) is 12.1 Å². The van der Waals surface area contributed by atoms with Crippen LogP contribution in [-0.4, -0.2) is 60.1 Å². The van der Waals surface area contributed by atoms with Crippen LogP contribution in [0.25, 0.3) is 21.5 Å². The topological polar surface area (TPSA) is 81.1 Å². The number of rotatable bonds is 10. The Kier molecular flexibility index (Phi) is 14.3. The average molecular weight is 669 g/mol. The molecule has 0 saturated carbocycles. The molecule has 0 heterocycles. The van der Waals surface area contributed by atoms with Gasteiger partial charge in [-0.25, -0.2) is 9.59 Å². The molecule has 0 bridgehead atoms. The van der Waals surface area contributed by atoms with Crippen molar-refractivity contribution in [3.63, 3.8) is 0 Å². The molecule has 0 aliphatic heterocycles. The second-order valence-electron chi connectivity index (χ2n) is 12.7. The van der Waals surface area contributed by atoms with Crippen molar-refractivity contribution < 1.29 is 19.8 Å². The highest BCUT2D eigenvalue weighted by Crippen LogP contribution is 2.28. The molecule has 0 aliphatic carbocycles. The molecule has 0 aromatic heterocycles. The van der Waals surface area contributed by atoms with Gasteiger partial charge in [0.25, 0.3) is 0 Å². The number of aryl methyl sites for hydroxylation is 2. The Labute approximate surface area is 296 Å². The zero-order chi connectivity index (χ0) is 35.9. The summed E-state index contributed by atoms with van der Waals surface area (Å²) in [5.41, 5.74) is 5.68. The van der Waals surface area contributed by atoms with Crippen LogP contribution < -0.4 is 0 Å². The van der Waals surface area contributed by atoms with E-state index in [2.05, 4.69) is 184 Å². The molecule has 2 atom stereocenters. The number of fused-ring (bicyclic) bond motifs is 2. The van der Waals surface area contributed by atoms with Crippen LogP contribution in [0.1, 0.15) is 47.2 Å². The van der Waals surface area contributed by atoms with Crippen LogP contribution in [0.3, 0.4) is 0 Å². The number of hydrogen-bond donors (Lipinski definition) is 2. The predicted octanol–water partition coefficient (Wildman–Crippen LogP) is 9.31. The molecule has 6 aromatic carbocycles. The Morgan fingerprint density at radius 2 is 0.780 bits per heavy atom. The van der Waals surface area contributed by atoms with E-state index in [9.17, 15) is 0 Å². The lowest BCUT2D eigenvalue weighted by molar-refractivity contribution is -0.159. The van der Waals surface area contributed by atoms with Crippen LogP contribution in [0.15, 0.2) is 146 Å². The van der Waals surface area contributed by atoms with Gasteiger partial charge in [-0.3, -0.25) is 0 Å². The smallest absolute Gasteiger partial charge is 0.414 e. The van der Waals surface area contributed by atoms with Crippen LogP contribution in [0, 0.1) is 0 Å². The summed E-state index contributed by atoms with van der Waals surface area (Å²) >= 11 is 0. The summed E-state index contributed by atoms with van der Waals surface area (Å²) in [5.74, 6) is -3.65. The van der Waals surface area contributed by atoms with E-state index in [0.717, 1.165) is 25.7 Å². The van der Waals surface area contributed by atoms with E-state index in [1.165, 1.54) is 43.8 Å². The molecular formula is C44H48N2O4. The highest BCUT2D eigenvalue weighted by atomic mass is 16.4. The highest BCUT2D eigenvalue weighted by molar-refractivity contribution is 6.27. The number of nitrogens with zero attached hydrogens (tertiary/aromatic N) is 2. The molecule has 0 fully saturated rings. The maximum absolute atomic E-state index is 9.10. The number of carboxylic acids is 2. The molecule has 0 spiro atoms. The third-order valence-electron chi connectivity index (χ3n) is 8.93. The van der Waals surface area contributed by atoms with Crippen molar-refractivity contribution in [2.45, 2.75) is 37.8 Å². The molecule has 0 aliphatic rings. The van der Waals surface area contributed by atoms with Crippen molar-refractivity contribution >= 4 is 33.5 Å². The molecule has 6 nitrogen and oxygen atoms in total. The van der Waals surface area contributed by atoms with Crippen LogP contribution in [-0.2, 0) is 22.4 Å². The average Bonchev–Trinajstić information content (AvgIpc) is 3.13. The first-order valence-electron chi connectivity index (χ1n) is 17.0. The first kappa shape index (κ1) is 37.5. The maximum Gasteiger partial charge on any atom is 0.414 e. The van der Waals surface area contributed by atoms with Crippen LogP contribution >= 0.6 is 0 Å². The van der Waals surface area contributed by atoms with E-state index in [4.69, 9.17) is 19.8 Å². The van der Waals surface area contributed by atoms with Crippen molar-refractivity contribution in [3.05, 3.63) is 168 Å². The normalized spacial score (nSPS) is 12.0. The van der Waals surface area contributed by atoms with Gasteiger partial charge in [-0.15, -0.1) is 0 Å². The Morgan fingerprint density at radius 3 is 1.12 bits per heavy atom. The van der Waals surface area contributed by atoms with E-state index in [1.54, 1.807) is 0 Å². The van der Waals surface area contributed by atoms with E-state index in [1.807, 2.05) is 0 Å². The van der Waals surface area contributed by atoms with Crippen molar-refractivity contribution in [1.82, 2.24) is 9.80 Å². The van der Waals surface area contributed by atoms with Gasteiger partial charge in [0.1, 0.15) is 0 Å². The predicted molar refractivity (Wildman–Crippen MR) is 206 cm³/mol. The molecule has 2 unspecified atom stereocenters. The van der Waals surface area contributed by atoms with Crippen molar-refractivity contribution in [1.29, 1.82) is 0 Å². The summed E-state index contributed by atoms with van der Waals surface area (Å²) < 4.78 is 0. The fourth-order valence-corrected chi connectivity index (χ4v) is 6.40. The fraction of sp³-hybridized carbons (Fsp3) is 0.227. The van der Waals surface area contributed by atoms with Crippen LogP contribution in [0.4, 0.5) is 0 Å². The summed E-state index contributed by atoms with van der Waals surface area (Å²) in [6, 6.07) is 53.1. The van der Waals surface area contributed by atoms with Gasteiger partial charge in [-0.05, 0) is 97.7 Å². The molecule has 6 heteroatoms. The van der Waals surface area contributed by atoms with E-state index in [-0.39, 0.29) is 0 Å². The first-order valence-corrected chi connectivity index (χ1v) is 17.0. The van der Waals surface area contributed by atoms with Gasteiger partial charge >= 0.3 is 11.9 Å². The Bertz CT molecular complexity index is 1790. The van der Waals surface area contributed by atoms with Gasteiger partial charge in [-0.1, -0.05) is 146 Å². The molecule has 6 rings (SSSR count). The van der Waals surface area contributed by atoms with Gasteiger partial charge in [0.05, 0.1) is 0 Å². The minimum absolute atomic E-state index is 0.458. The lowest BCUT2D eigenvalue weighted by Gasteiger charge is -2.25. The number of hydrogen-bond acceptors (Lipinski definition) is 4. The largest absolute Gasteiger partial charge is 0.473 e. The molecule has 6 aromatic rings. The molecule has 0 amide bonds. The van der Waals surface area contributed by atoms with Crippen molar-refractivity contribution in [3.8, 4) is 0 Å². The van der Waals surface area contributed by atoms with Gasteiger partial charge in [0, 0.05) is 12.1 Å². The monoisotopic (exact) mass is 668 g/mol. The molecule has 2 N–H and O–H groups in total. The van der Waals surface area contributed by atoms with Crippen LogP contribution in [0.5, 0.6) is 0 Å². The molecule has 0 saturated heterocycles. The standard InChI is InChI=1S/2C21H23N.C2H2O4/c2*1-22(2)21(19-10-4-3-5-11-19)16-15-18-13-8-12-17-9-6-7-14-20(17)18;3-1(4)2(5)6/h2*3-14,21H,15-16H2,1-2H3;(H,3,4)(H,5,6). The van der Waals surface area contributed by atoms with Gasteiger partial charge in [-0.2, -0.15) is 0 Å². The third-order valence-corrected chi connectivity index (χ3v) is 8.93. The summed E-state index contributed by atoms with van der Waals surface area (Å²) in [5, 5.41) is 20.2. The fourth-order valence-electron chi connectivity index (χ4n) is 6.40. The molecule has 258 valence electrons. The van der Waals surface area contributed by atoms with Crippen LogP contribution in [0.2, 0.25) is 0 Å². The summed E-state index contributed by atoms with van der Waals surface area (Å²) in [4.78, 5) is 22.8. The number of carboxylic acid groups (broad SMARTS) is 2. The lowest BCUT2D eigenvalue weighted by Crippen LogP contribution is -2.20. The van der Waals surface area contributed by atoms with Gasteiger partial charge in [0.2, 0.25) is 0 Å². The lowest BCUT2D eigenvalue weighted by atomic mass is 9.95. The SMILES string of the molecule is CN(C)C(CCc1cccc2ccccc12)c1ccccc1.CN(C)C(CCc1cccc2ccccc12)c1ccccc1.O=C(O)C(=O)O. The second kappa shape index (κ2) is 19.0. The summed E-state index contributed by atoms with van der Waals surface area (Å²) in [6.45, 7) is 0. The van der Waals surface area contributed by atoms with Crippen molar-refractivity contribution in [2.75, 3.05) is 28.2 Å². The third kappa shape index (κ3) is 10.9. The minimum atomic E-state index is -1.82. The zero-order valence-corrected chi connectivity index (χ0v) is 29.4. The minimum Gasteiger partial charge on any atom is -0.473 e. The van der Waals surface area contributed by atoms with Gasteiger partial charge in [0.15, 0.2) is 0 Å². The zero-order valence-electron chi connectivity index (χ0n) is 29.4.